The third-order valence-corrected chi connectivity index (χ3v) is 4.09. The lowest BCUT2D eigenvalue weighted by Crippen LogP contribution is -2.41. The van der Waals surface area contributed by atoms with Crippen LogP contribution >= 0.6 is 0 Å². The Morgan fingerprint density at radius 3 is 2.70 bits per heavy atom. The van der Waals surface area contributed by atoms with Crippen LogP contribution in [-0.2, 0) is 11.2 Å². The van der Waals surface area contributed by atoms with Gasteiger partial charge >= 0.3 is 0 Å². The molecule has 0 radical (unpaired) electrons. The fourth-order valence-corrected chi connectivity index (χ4v) is 2.79. The zero-order chi connectivity index (χ0) is 14.4. The van der Waals surface area contributed by atoms with Crippen LogP contribution in [0.5, 0.6) is 0 Å². The molecule has 1 N–H and O–H groups in total. The monoisotopic (exact) mass is 274 g/mol. The van der Waals surface area contributed by atoms with E-state index < -0.39 is 0 Å². The highest BCUT2D eigenvalue weighted by molar-refractivity contribution is 5.78. The van der Waals surface area contributed by atoms with E-state index in [4.69, 9.17) is 0 Å². The Morgan fingerprint density at radius 2 is 2.10 bits per heavy atom. The molecule has 0 aliphatic carbocycles. The van der Waals surface area contributed by atoms with Crippen molar-refractivity contribution in [1.82, 2.24) is 10.2 Å². The highest BCUT2D eigenvalue weighted by atomic mass is 16.2. The SMILES string of the molecule is CCN(CC1CCCNC1)C(=O)Cc1ccc(C)cc1. The lowest BCUT2D eigenvalue weighted by atomic mass is 9.98. The van der Waals surface area contributed by atoms with E-state index in [1.54, 1.807) is 0 Å². The maximum absolute atomic E-state index is 12.4. The molecule has 110 valence electrons. The smallest absolute Gasteiger partial charge is 0.226 e. The number of carbonyl (C=O) groups excluding carboxylic acids is 1. The molecule has 3 heteroatoms. The Bertz CT molecular complexity index is 421. The first-order valence-corrected chi connectivity index (χ1v) is 7.73. The molecule has 1 aromatic rings. The average Bonchev–Trinajstić information content (AvgIpc) is 2.48. The lowest BCUT2D eigenvalue weighted by molar-refractivity contribution is -0.131. The van der Waals surface area contributed by atoms with Gasteiger partial charge in [0.2, 0.25) is 5.91 Å². The van der Waals surface area contributed by atoms with Crippen molar-refractivity contribution in [3.05, 3.63) is 35.4 Å². The van der Waals surface area contributed by atoms with E-state index in [-0.39, 0.29) is 5.91 Å². The second-order valence-corrected chi connectivity index (χ2v) is 5.81. The molecule has 1 aromatic carbocycles. The van der Waals surface area contributed by atoms with Crippen molar-refractivity contribution in [2.45, 2.75) is 33.1 Å². The van der Waals surface area contributed by atoms with Gasteiger partial charge in [0.25, 0.3) is 0 Å². The van der Waals surface area contributed by atoms with Gasteiger partial charge in [-0.15, -0.1) is 0 Å². The summed E-state index contributed by atoms with van der Waals surface area (Å²) in [6.07, 6.45) is 2.99. The Balaban J connectivity index is 1.89. The van der Waals surface area contributed by atoms with Crippen LogP contribution in [0.15, 0.2) is 24.3 Å². The molecule has 0 saturated carbocycles. The van der Waals surface area contributed by atoms with Gasteiger partial charge in [-0.25, -0.2) is 0 Å². The molecule has 2 rings (SSSR count). The van der Waals surface area contributed by atoms with Crippen LogP contribution in [-0.4, -0.2) is 37.0 Å². The van der Waals surface area contributed by atoms with Crippen LogP contribution in [0.3, 0.4) is 0 Å². The zero-order valence-electron chi connectivity index (χ0n) is 12.7. The molecule has 0 bridgehead atoms. The molecule has 1 aliphatic heterocycles. The van der Waals surface area contributed by atoms with Gasteiger partial charge in [-0.05, 0) is 51.3 Å². The minimum atomic E-state index is 0.252. The van der Waals surface area contributed by atoms with Crippen molar-refractivity contribution < 1.29 is 4.79 Å². The first-order valence-electron chi connectivity index (χ1n) is 7.73. The average molecular weight is 274 g/mol. The van der Waals surface area contributed by atoms with E-state index in [9.17, 15) is 4.79 Å². The van der Waals surface area contributed by atoms with E-state index in [1.165, 1.54) is 18.4 Å². The number of carbonyl (C=O) groups is 1. The second-order valence-electron chi connectivity index (χ2n) is 5.81. The molecule has 1 aliphatic rings. The maximum Gasteiger partial charge on any atom is 0.226 e. The van der Waals surface area contributed by atoms with Crippen LogP contribution in [0.1, 0.15) is 30.9 Å². The normalized spacial score (nSPS) is 18.8. The van der Waals surface area contributed by atoms with Crippen LogP contribution in [0.25, 0.3) is 0 Å². The topological polar surface area (TPSA) is 32.3 Å². The van der Waals surface area contributed by atoms with Crippen molar-refractivity contribution in [2.75, 3.05) is 26.2 Å². The summed E-state index contributed by atoms with van der Waals surface area (Å²) in [5.41, 5.74) is 2.35. The van der Waals surface area contributed by atoms with Gasteiger partial charge in [0.15, 0.2) is 0 Å². The summed E-state index contributed by atoms with van der Waals surface area (Å²) in [6, 6.07) is 8.26. The van der Waals surface area contributed by atoms with E-state index in [0.717, 1.165) is 31.7 Å². The van der Waals surface area contributed by atoms with Crippen molar-refractivity contribution in [3.63, 3.8) is 0 Å². The highest BCUT2D eigenvalue weighted by Crippen LogP contribution is 2.13. The molecule has 1 amide bonds. The number of aryl methyl sites for hydroxylation is 1. The largest absolute Gasteiger partial charge is 0.342 e. The number of rotatable bonds is 5. The number of hydrogen-bond acceptors (Lipinski definition) is 2. The third-order valence-electron chi connectivity index (χ3n) is 4.09. The summed E-state index contributed by atoms with van der Waals surface area (Å²) in [5, 5.41) is 3.42. The number of nitrogens with one attached hydrogen (secondary N) is 1. The first-order chi connectivity index (χ1) is 9.69. The minimum absolute atomic E-state index is 0.252. The molecule has 3 nitrogen and oxygen atoms in total. The quantitative estimate of drug-likeness (QED) is 0.894. The molecule has 0 aromatic heterocycles. The van der Waals surface area contributed by atoms with E-state index in [2.05, 4.69) is 43.4 Å². The van der Waals surface area contributed by atoms with Crippen molar-refractivity contribution >= 4 is 5.91 Å². The predicted molar refractivity (Wildman–Crippen MR) is 82.7 cm³/mol. The van der Waals surface area contributed by atoms with Crippen molar-refractivity contribution in [2.24, 2.45) is 5.92 Å². The van der Waals surface area contributed by atoms with Crippen LogP contribution in [0.4, 0.5) is 0 Å². The maximum atomic E-state index is 12.4. The van der Waals surface area contributed by atoms with Gasteiger partial charge in [-0.1, -0.05) is 29.8 Å². The number of benzene rings is 1. The Kier molecular flexibility index (Phi) is 5.60. The van der Waals surface area contributed by atoms with E-state index >= 15 is 0 Å². The highest BCUT2D eigenvalue weighted by Gasteiger charge is 2.19. The number of amides is 1. The summed E-state index contributed by atoms with van der Waals surface area (Å²) >= 11 is 0. The molecule has 20 heavy (non-hydrogen) atoms. The number of likely N-dealkylation sites (N-methyl/N-ethyl adjacent to an activating group) is 1. The van der Waals surface area contributed by atoms with Crippen molar-refractivity contribution in [1.29, 1.82) is 0 Å². The van der Waals surface area contributed by atoms with Crippen molar-refractivity contribution in [3.8, 4) is 0 Å². The molecular weight excluding hydrogens is 248 g/mol. The van der Waals surface area contributed by atoms with Gasteiger partial charge in [-0.2, -0.15) is 0 Å². The number of piperidine rings is 1. The van der Waals surface area contributed by atoms with Gasteiger partial charge in [-0.3, -0.25) is 4.79 Å². The lowest BCUT2D eigenvalue weighted by Gasteiger charge is -2.29. The fourth-order valence-electron chi connectivity index (χ4n) is 2.79. The fraction of sp³-hybridized carbons (Fsp3) is 0.588. The molecular formula is C17H26N2O. The summed E-state index contributed by atoms with van der Waals surface area (Å²) in [7, 11) is 0. The number of nitrogens with zero attached hydrogens (tertiary/aromatic N) is 1. The van der Waals surface area contributed by atoms with Gasteiger partial charge in [0, 0.05) is 13.1 Å². The molecule has 1 heterocycles. The zero-order valence-corrected chi connectivity index (χ0v) is 12.7. The van der Waals surface area contributed by atoms with Crippen LogP contribution < -0.4 is 5.32 Å². The second kappa shape index (κ2) is 7.44. The predicted octanol–water partition coefficient (Wildman–Crippen LogP) is 2.39. The Morgan fingerprint density at radius 1 is 1.35 bits per heavy atom. The molecule has 1 atom stereocenters. The number of hydrogen-bond donors (Lipinski definition) is 1. The molecule has 1 saturated heterocycles. The van der Waals surface area contributed by atoms with E-state index in [1.807, 2.05) is 4.90 Å². The molecule has 0 spiro atoms. The molecule has 1 fully saturated rings. The van der Waals surface area contributed by atoms with Crippen LogP contribution in [0.2, 0.25) is 0 Å². The Hall–Kier alpha value is -1.35. The van der Waals surface area contributed by atoms with Gasteiger partial charge < -0.3 is 10.2 Å². The summed E-state index contributed by atoms with van der Waals surface area (Å²) in [6.45, 7) is 8.02. The van der Waals surface area contributed by atoms with Crippen LogP contribution in [0, 0.1) is 12.8 Å². The summed E-state index contributed by atoms with van der Waals surface area (Å²) < 4.78 is 0. The van der Waals surface area contributed by atoms with Gasteiger partial charge in [0.05, 0.1) is 6.42 Å². The minimum Gasteiger partial charge on any atom is -0.342 e. The summed E-state index contributed by atoms with van der Waals surface area (Å²) in [4.78, 5) is 14.4. The van der Waals surface area contributed by atoms with E-state index in [0.29, 0.717) is 12.3 Å². The van der Waals surface area contributed by atoms with Gasteiger partial charge in [0.1, 0.15) is 0 Å². The summed E-state index contributed by atoms with van der Waals surface area (Å²) in [5.74, 6) is 0.868. The third kappa shape index (κ3) is 4.34. The molecule has 1 unspecified atom stereocenters. The Labute approximate surface area is 122 Å². The standard InChI is InChI=1S/C17H26N2O/c1-3-19(13-16-5-4-10-18-12-16)17(20)11-15-8-6-14(2)7-9-15/h6-9,16,18H,3-5,10-13H2,1-2H3. The first kappa shape index (κ1) is 15.0.